The van der Waals surface area contributed by atoms with Gasteiger partial charge in [0.1, 0.15) is 5.75 Å². The Morgan fingerprint density at radius 1 is 1.30 bits per heavy atom. The summed E-state index contributed by atoms with van der Waals surface area (Å²) in [5, 5.41) is 8.37. The van der Waals surface area contributed by atoms with Gasteiger partial charge in [0.15, 0.2) is 0 Å². The van der Waals surface area contributed by atoms with Crippen LogP contribution in [0.15, 0.2) is 33.9 Å². The molecule has 0 N–H and O–H groups in total. The van der Waals surface area contributed by atoms with Gasteiger partial charge in [-0.25, -0.2) is 0 Å². The van der Waals surface area contributed by atoms with Crippen molar-refractivity contribution < 1.29 is 13.9 Å². The van der Waals surface area contributed by atoms with Gasteiger partial charge < -0.3 is 14.1 Å². The van der Waals surface area contributed by atoms with Crippen molar-refractivity contribution in [2.24, 2.45) is 0 Å². The van der Waals surface area contributed by atoms with E-state index in [0.717, 1.165) is 18.4 Å². The average Bonchev–Trinajstić information content (AvgIpc) is 3.16. The standard InChI is InChI=1S/C20H27N3O3S/c1-4-25-17-13-9-8-12-16(17)18-21-22-20(26-18)27-14(2)19(24)23(3)15-10-6-5-7-11-15/h8-9,12-15H,4-7,10-11H2,1-3H3. The first-order valence-corrected chi connectivity index (χ1v) is 10.5. The Kier molecular flexibility index (Phi) is 6.77. The van der Waals surface area contributed by atoms with E-state index in [1.807, 2.05) is 50.1 Å². The fourth-order valence-electron chi connectivity index (χ4n) is 3.43. The van der Waals surface area contributed by atoms with Crippen molar-refractivity contribution in [3.05, 3.63) is 24.3 Å². The lowest BCUT2D eigenvalue weighted by molar-refractivity contribution is -0.131. The molecule has 1 fully saturated rings. The van der Waals surface area contributed by atoms with Crippen LogP contribution in [0.25, 0.3) is 11.5 Å². The molecule has 1 unspecified atom stereocenters. The van der Waals surface area contributed by atoms with Crippen LogP contribution in [0.2, 0.25) is 0 Å². The predicted octanol–water partition coefficient (Wildman–Crippen LogP) is 4.41. The van der Waals surface area contributed by atoms with Gasteiger partial charge in [0.2, 0.25) is 5.91 Å². The topological polar surface area (TPSA) is 68.5 Å². The minimum absolute atomic E-state index is 0.112. The van der Waals surface area contributed by atoms with Crippen molar-refractivity contribution >= 4 is 17.7 Å². The first-order valence-electron chi connectivity index (χ1n) is 9.59. The monoisotopic (exact) mass is 389 g/mol. The third-order valence-corrected chi connectivity index (χ3v) is 5.84. The molecule has 1 aromatic heterocycles. The highest BCUT2D eigenvalue weighted by atomic mass is 32.2. The molecule has 0 saturated heterocycles. The first-order chi connectivity index (χ1) is 13.1. The van der Waals surface area contributed by atoms with E-state index in [2.05, 4.69) is 10.2 Å². The highest BCUT2D eigenvalue weighted by Crippen LogP contribution is 2.32. The van der Waals surface area contributed by atoms with Crippen LogP contribution in [0.3, 0.4) is 0 Å². The zero-order valence-corrected chi connectivity index (χ0v) is 17.0. The molecular formula is C20H27N3O3S. The SMILES string of the molecule is CCOc1ccccc1-c1nnc(SC(C)C(=O)N(C)C2CCCCC2)o1. The van der Waals surface area contributed by atoms with Crippen LogP contribution in [0.5, 0.6) is 5.75 Å². The lowest BCUT2D eigenvalue weighted by Gasteiger charge is -2.32. The number of carbonyl (C=O) groups excluding carboxylic acids is 1. The van der Waals surface area contributed by atoms with Crippen LogP contribution < -0.4 is 4.74 Å². The van der Waals surface area contributed by atoms with Crippen LogP contribution in [0.1, 0.15) is 46.0 Å². The zero-order chi connectivity index (χ0) is 19.2. The molecule has 1 heterocycles. The zero-order valence-electron chi connectivity index (χ0n) is 16.2. The largest absolute Gasteiger partial charge is 0.493 e. The number of carbonyl (C=O) groups is 1. The maximum atomic E-state index is 12.8. The van der Waals surface area contributed by atoms with Gasteiger partial charge >= 0.3 is 0 Å². The average molecular weight is 390 g/mol. The van der Waals surface area contributed by atoms with Gasteiger partial charge in [-0.1, -0.05) is 43.2 Å². The minimum Gasteiger partial charge on any atom is -0.493 e. The predicted molar refractivity (Wildman–Crippen MR) is 106 cm³/mol. The lowest BCUT2D eigenvalue weighted by atomic mass is 9.94. The summed E-state index contributed by atoms with van der Waals surface area (Å²) in [6.07, 6.45) is 5.88. The number of ether oxygens (including phenoxy) is 1. The number of hydrogen-bond acceptors (Lipinski definition) is 6. The van der Waals surface area contributed by atoms with E-state index in [4.69, 9.17) is 9.15 Å². The van der Waals surface area contributed by atoms with Crippen LogP contribution in [0.4, 0.5) is 0 Å². The Morgan fingerprint density at radius 3 is 2.78 bits per heavy atom. The van der Waals surface area contributed by atoms with E-state index >= 15 is 0 Å². The first kappa shape index (κ1) is 19.7. The van der Waals surface area contributed by atoms with E-state index in [1.54, 1.807) is 0 Å². The van der Waals surface area contributed by atoms with Crippen LogP contribution in [-0.4, -0.2) is 46.0 Å². The molecule has 7 heteroatoms. The van der Waals surface area contributed by atoms with Gasteiger partial charge in [0.05, 0.1) is 17.4 Å². The van der Waals surface area contributed by atoms with Gasteiger partial charge in [-0.2, -0.15) is 0 Å². The smallest absolute Gasteiger partial charge is 0.277 e. The van der Waals surface area contributed by atoms with Gasteiger partial charge in [0, 0.05) is 13.1 Å². The number of aromatic nitrogens is 2. The number of para-hydroxylation sites is 1. The van der Waals surface area contributed by atoms with E-state index < -0.39 is 0 Å². The molecule has 0 bridgehead atoms. The highest BCUT2D eigenvalue weighted by molar-refractivity contribution is 8.00. The number of thioether (sulfide) groups is 1. The molecule has 1 amide bonds. The maximum absolute atomic E-state index is 12.8. The third-order valence-electron chi connectivity index (χ3n) is 4.92. The van der Waals surface area contributed by atoms with Crippen molar-refractivity contribution in [2.75, 3.05) is 13.7 Å². The Labute approximate surface area is 164 Å². The summed E-state index contributed by atoms with van der Waals surface area (Å²) in [6.45, 7) is 4.39. The molecule has 1 aliphatic carbocycles. The van der Waals surface area contributed by atoms with Gasteiger partial charge in [-0.3, -0.25) is 4.79 Å². The number of amides is 1. The Balaban J connectivity index is 1.65. The summed E-state index contributed by atoms with van der Waals surface area (Å²) in [5.41, 5.74) is 0.761. The highest BCUT2D eigenvalue weighted by Gasteiger charge is 2.27. The molecule has 1 atom stereocenters. The Hall–Kier alpha value is -2.02. The maximum Gasteiger partial charge on any atom is 0.277 e. The number of benzene rings is 1. The molecule has 27 heavy (non-hydrogen) atoms. The summed E-state index contributed by atoms with van der Waals surface area (Å²) in [5.74, 6) is 1.23. The van der Waals surface area contributed by atoms with E-state index in [1.165, 1.54) is 31.0 Å². The summed E-state index contributed by atoms with van der Waals surface area (Å²) >= 11 is 1.31. The molecule has 0 radical (unpaired) electrons. The van der Waals surface area contributed by atoms with E-state index in [0.29, 0.717) is 29.5 Å². The van der Waals surface area contributed by atoms with E-state index in [-0.39, 0.29) is 11.2 Å². The fourth-order valence-corrected chi connectivity index (χ4v) is 4.21. The van der Waals surface area contributed by atoms with Crippen LogP contribution in [0, 0.1) is 0 Å². The molecule has 0 aliphatic heterocycles. The Morgan fingerprint density at radius 2 is 2.04 bits per heavy atom. The normalized spacial score (nSPS) is 16.1. The third kappa shape index (κ3) is 4.83. The fraction of sp³-hybridized carbons (Fsp3) is 0.550. The molecule has 3 rings (SSSR count). The molecule has 1 aliphatic rings. The van der Waals surface area contributed by atoms with Crippen molar-refractivity contribution in [3.8, 4) is 17.2 Å². The number of rotatable bonds is 7. The quantitative estimate of drug-likeness (QED) is 0.654. The lowest BCUT2D eigenvalue weighted by Crippen LogP contribution is -2.42. The molecule has 2 aromatic rings. The molecule has 146 valence electrons. The number of nitrogens with zero attached hydrogens (tertiary/aromatic N) is 3. The molecule has 0 spiro atoms. The Bertz CT molecular complexity index is 758. The van der Waals surface area contributed by atoms with Crippen molar-refractivity contribution in [1.29, 1.82) is 0 Å². The molecule has 1 saturated carbocycles. The van der Waals surface area contributed by atoms with Crippen molar-refractivity contribution in [1.82, 2.24) is 15.1 Å². The molecule has 1 aromatic carbocycles. The molecular weight excluding hydrogens is 362 g/mol. The van der Waals surface area contributed by atoms with Crippen molar-refractivity contribution in [2.45, 2.75) is 62.5 Å². The van der Waals surface area contributed by atoms with Gasteiger partial charge in [-0.15, -0.1) is 10.2 Å². The second-order valence-corrected chi connectivity index (χ2v) is 8.10. The summed E-state index contributed by atoms with van der Waals surface area (Å²) < 4.78 is 11.4. The van der Waals surface area contributed by atoms with Gasteiger partial charge in [0.25, 0.3) is 11.1 Å². The second kappa shape index (κ2) is 9.26. The summed E-state index contributed by atoms with van der Waals surface area (Å²) in [4.78, 5) is 14.7. The van der Waals surface area contributed by atoms with E-state index in [9.17, 15) is 4.79 Å². The van der Waals surface area contributed by atoms with Crippen LogP contribution in [-0.2, 0) is 4.79 Å². The summed E-state index contributed by atoms with van der Waals surface area (Å²) in [7, 11) is 1.91. The minimum atomic E-state index is -0.271. The number of hydrogen-bond donors (Lipinski definition) is 0. The second-order valence-electron chi connectivity index (χ2n) is 6.80. The molecule has 6 nitrogen and oxygen atoms in total. The summed E-state index contributed by atoms with van der Waals surface area (Å²) in [6, 6.07) is 7.92. The van der Waals surface area contributed by atoms with Gasteiger partial charge in [-0.05, 0) is 38.8 Å². The van der Waals surface area contributed by atoms with Crippen molar-refractivity contribution in [3.63, 3.8) is 0 Å². The van der Waals surface area contributed by atoms with Crippen LogP contribution >= 0.6 is 11.8 Å².